The zero-order valence-corrected chi connectivity index (χ0v) is 34.5. The predicted molar refractivity (Wildman–Crippen MR) is 262 cm³/mol. The smallest absolute Gasteiger partial charge is 0.160 e. The molecule has 0 saturated heterocycles. The van der Waals surface area contributed by atoms with Crippen molar-refractivity contribution in [2.24, 2.45) is 0 Å². The SMILES string of the molecule is c1ccc(-c2cc(-c3ccc(-c4cccc(-c5cccc6c5C(c5ccccc5)(c5ccccc5)c5c-6ccc6ccccc56)c4)c4ccccc34)nc(-c3ccccc3)n2)cc1. The molecule has 0 amide bonds. The molecule has 0 radical (unpaired) electrons. The van der Waals surface area contributed by atoms with Crippen molar-refractivity contribution in [2.75, 3.05) is 0 Å². The molecule has 12 rings (SSSR count). The first-order valence-corrected chi connectivity index (χ1v) is 21.7. The van der Waals surface area contributed by atoms with Crippen LogP contribution in [-0.2, 0) is 5.41 Å². The zero-order valence-electron chi connectivity index (χ0n) is 34.5. The Morgan fingerprint density at radius 2 is 0.746 bits per heavy atom. The van der Waals surface area contributed by atoms with Crippen LogP contribution in [0.1, 0.15) is 22.3 Å². The summed E-state index contributed by atoms with van der Waals surface area (Å²) >= 11 is 0. The molecule has 1 aliphatic rings. The summed E-state index contributed by atoms with van der Waals surface area (Å²) in [4.78, 5) is 10.3. The average molecular weight is 801 g/mol. The number of nitrogens with zero attached hydrogens (tertiary/aromatic N) is 2. The summed E-state index contributed by atoms with van der Waals surface area (Å²) in [5, 5.41) is 4.84. The highest BCUT2D eigenvalue weighted by Gasteiger charge is 2.48. The Morgan fingerprint density at radius 3 is 1.44 bits per heavy atom. The van der Waals surface area contributed by atoms with E-state index >= 15 is 0 Å². The zero-order chi connectivity index (χ0) is 41.7. The van der Waals surface area contributed by atoms with Crippen molar-refractivity contribution >= 4 is 21.5 Å². The molecule has 0 bridgehead atoms. The third-order valence-corrected chi connectivity index (χ3v) is 13.0. The second-order valence-electron chi connectivity index (χ2n) is 16.4. The Bertz CT molecular complexity index is 3390. The highest BCUT2D eigenvalue weighted by molar-refractivity contribution is 6.06. The molecule has 11 aromatic rings. The molecule has 1 aromatic heterocycles. The molecule has 0 unspecified atom stereocenters. The molecule has 2 nitrogen and oxygen atoms in total. The molecule has 1 heterocycles. The number of rotatable bonds is 7. The molecule has 0 fully saturated rings. The Kier molecular flexibility index (Phi) is 8.76. The summed E-state index contributed by atoms with van der Waals surface area (Å²) in [7, 11) is 0. The maximum Gasteiger partial charge on any atom is 0.160 e. The summed E-state index contributed by atoms with van der Waals surface area (Å²) in [6.07, 6.45) is 0. The van der Waals surface area contributed by atoms with Crippen LogP contribution in [0.15, 0.2) is 243 Å². The minimum absolute atomic E-state index is 0.566. The molecule has 0 saturated carbocycles. The van der Waals surface area contributed by atoms with Crippen molar-refractivity contribution in [3.05, 3.63) is 265 Å². The van der Waals surface area contributed by atoms with Crippen molar-refractivity contribution in [1.82, 2.24) is 9.97 Å². The van der Waals surface area contributed by atoms with Crippen molar-refractivity contribution in [1.29, 1.82) is 0 Å². The summed E-state index contributed by atoms with van der Waals surface area (Å²) in [6.45, 7) is 0. The fraction of sp³-hybridized carbons (Fsp3) is 0.0164. The molecule has 10 aromatic carbocycles. The van der Waals surface area contributed by atoms with Gasteiger partial charge in [0, 0.05) is 16.7 Å². The number of hydrogen-bond donors (Lipinski definition) is 0. The van der Waals surface area contributed by atoms with Gasteiger partial charge in [-0.25, -0.2) is 9.97 Å². The van der Waals surface area contributed by atoms with Gasteiger partial charge in [0.15, 0.2) is 5.82 Å². The molecule has 2 heteroatoms. The van der Waals surface area contributed by atoms with E-state index in [-0.39, 0.29) is 0 Å². The van der Waals surface area contributed by atoms with Gasteiger partial charge in [0.05, 0.1) is 16.8 Å². The van der Waals surface area contributed by atoms with Crippen LogP contribution in [0.25, 0.3) is 88.8 Å². The molecule has 294 valence electrons. The Balaban J connectivity index is 1.06. The van der Waals surface area contributed by atoms with E-state index in [1.807, 2.05) is 24.3 Å². The molecule has 0 atom stereocenters. The van der Waals surface area contributed by atoms with Gasteiger partial charge in [0.1, 0.15) is 0 Å². The van der Waals surface area contributed by atoms with Crippen LogP contribution in [0.5, 0.6) is 0 Å². The average Bonchev–Trinajstić information content (AvgIpc) is 3.69. The Morgan fingerprint density at radius 1 is 0.270 bits per heavy atom. The normalized spacial score (nSPS) is 12.6. The van der Waals surface area contributed by atoms with E-state index in [1.54, 1.807) is 0 Å². The Labute approximate surface area is 367 Å². The molecule has 0 spiro atoms. The lowest BCUT2D eigenvalue weighted by Gasteiger charge is -2.36. The fourth-order valence-corrected chi connectivity index (χ4v) is 10.3. The van der Waals surface area contributed by atoms with Crippen LogP contribution in [0.3, 0.4) is 0 Å². The monoisotopic (exact) mass is 800 g/mol. The lowest BCUT2D eigenvalue weighted by atomic mass is 9.65. The molecule has 63 heavy (non-hydrogen) atoms. The molecular formula is C61H40N2. The van der Waals surface area contributed by atoms with E-state index in [2.05, 4.69) is 218 Å². The van der Waals surface area contributed by atoms with Crippen LogP contribution >= 0.6 is 0 Å². The van der Waals surface area contributed by atoms with E-state index in [1.165, 1.54) is 66.2 Å². The van der Waals surface area contributed by atoms with Crippen molar-refractivity contribution in [3.63, 3.8) is 0 Å². The lowest BCUT2D eigenvalue weighted by molar-refractivity contribution is 0.777. The summed E-state index contributed by atoms with van der Waals surface area (Å²) in [5.74, 6) is 0.709. The van der Waals surface area contributed by atoms with Gasteiger partial charge in [-0.05, 0) is 89.3 Å². The second kappa shape index (κ2) is 15.1. The quantitative estimate of drug-likeness (QED) is 0.160. The van der Waals surface area contributed by atoms with Crippen LogP contribution in [-0.4, -0.2) is 9.97 Å². The first kappa shape index (κ1) is 36.6. The van der Waals surface area contributed by atoms with Crippen LogP contribution in [0.4, 0.5) is 0 Å². The highest BCUT2D eigenvalue weighted by Crippen LogP contribution is 2.60. The summed E-state index contributed by atoms with van der Waals surface area (Å²) in [6, 6.07) is 87.9. The first-order valence-electron chi connectivity index (χ1n) is 21.7. The van der Waals surface area contributed by atoms with E-state index < -0.39 is 5.41 Å². The molecule has 1 aliphatic carbocycles. The largest absolute Gasteiger partial charge is 0.228 e. The van der Waals surface area contributed by atoms with Gasteiger partial charge in [-0.1, -0.05) is 231 Å². The van der Waals surface area contributed by atoms with Crippen LogP contribution in [0.2, 0.25) is 0 Å². The third-order valence-electron chi connectivity index (χ3n) is 13.0. The number of aromatic nitrogens is 2. The second-order valence-corrected chi connectivity index (χ2v) is 16.4. The van der Waals surface area contributed by atoms with Crippen LogP contribution < -0.4 is 0 Å². The van der Waals surface area contributed by atoms with Gasteiger partial charge in [-0.2, -0.15) is 0 Å². The number of benzene rings is 10. The van der Waals surface area contributed by atoms with Crippen LogP contribution in [0, 0.1) is 0 Å². The fourth-order valence-electron chi connectivity index (χ4n) is 10.3. The van der Waals surface area contributed by atoms with E-state index in [0.717, 1.165) is 39.0 Å². The first-order chi connectivity index (χ1) is 31.3. The molecule has 0 aliphatic heterocycles. The Hall–Kier alpha value is -8.20. The lowest BCUT2D eigenvalue weighted by Crippen LogP contribution is -2.29. The number of hydrogen-bond acceptors (Lipinski definition) is 2. The minimum Gasteiger partial charge on any atom is -0.228 e. The molecular weight excluding hydrogens is 761 g/mol. The topological polar surface area (TPSA) is 25.8 Å². The van der Waals surface area contributed by atoms with Gasteiger partial charge >= 0.3 is 0 Å². The van der Waals surface area contributed by atoms with Crippen molar-refractivity contribution in [3.8, 4) is 67.3 Å². The van der Waals surface area contributed by atoms with Gasteiger partial charge in [-0.3, -0.25) is 0 Å². The third kappa shape index (κ3) is 5.95. The van der Waals surface area contributed by atoms with E-state index in [0.29, 0.717) is 5.82 Å². The van der Waals surface area contributed by atoms with Gasteiger partial charge in [-0.15, -0.1) is 0 Å². The minimum atomic E-state index is -0.566. The maximum atomic E-state index is 5.23. The van der Waals surface area contributed by atoms with E-state index in [9.17, 15) is 0 Å². The summed E-state index contributed by atoms with van der Waals surface area (Å²) in [5.41, 5.74) is 16.8. The number of fused-ring (bicyclic) bond motifs is 6. The standard InChI is InChI=1S/C61H40N2/c1-5-20-42(21-6-1)56-40-57(63-60(62-56)43-22-7-2-8-23-43)53-38-37-48(51-31-15-16-32-52(51)53)44-24-17-25-45(39-44)50-33-18-34-54-55-36-35-41-19-13-14-30-49(41)58(55)61(59(50)54,46-26-9-3-10-27-46)47-28-11-4-12-29-47/h1-40H. The van der Waals surface area contributed by atoms with Gasteiger partial charge in [0.2, 0.25) is 0 Å². The summed E-state index contributed by atoms with van der Waals surface area (Å²) < 4.78 is 0. The molecule has 0 N–H and O–H groups in total. The van der Waals surface area contributed by atoms with Gasteiger partial charge in [0.25, 0.3) is 0 Å². The van der Waals surface area contributed by atoms with E-state index in [4.69, 9.17) is 9.97 Å². The predicted octanol–water partition coefficient (Wildman–Crippen LogP) is 15.5. The highest BCUT2D eigenvalue weighted by atomic mass is 14.9. The van der Waals surface area contributed by atoms with Gasteiger partial charge < -0.3 is 0 Å². The van der Waals surface area contributed by atoms with Crippen molar-refractivity contribution < 1.29 is 0 Å². The maximum absolute atomic E-state index is 5.23. The van der Waals surface area contributed by atoms with Crippen molar-refractivity contribution in [2.45, 2.75) is 5.41 Å².